The predicted octanol–water partition coefficient (Wildman–Crippen LogP) is 0.932. The second-order valence-electron chi connectivity index (χ2n) is 3.86. The standard InChI is InChI=1S/C13H18N2O3S/c1-3-9-15(4-2)19(16,17)11-10-18-13-7-5-12(14)6-8-13/h1,5-8H,4,9-11,14H2,2H3. The lowest BCUT2D eigenvalue weighted by molar-refractivity contribution is 0.336. The van der Waals surface area contributed by atoms with Crippen LogP contribution in [0.15, 0.2) is 24.3 Å². The molecular weight excluding hydrogens is 264 g/mol. The quantitative estimate of drug-likeness (QED) is 0.596. The van der Waals surface area contributed by atoms with Crippen LogP contribution in [-0.2, 0) is 10.0 Å². The van der Waals surface area contributed by atoms with E-state index in [1.165, 1.54) is 4.31 Å². The highest BCUT2D eigenvalue weighted by molar-refractivity contribution is 7.89. The Morgan fingerprint density at radius 1 is 1.37 bits per heavy atom. The Hall–Kier alpha value is -1.71. The molecule has 0 saturated carbocycles. The van der Waals surface area contributed by atoms with Crippen LogP contribution in [0.1, 0.15) is 6.92 Å². The Morgan fingerprint density at radius 2 is 2.00 bits per heavy atom. The molecule has 0 spiro atoms. The van der Waals surface area contributed by atoms with E-state index in [2.05, 4.69) is 5.92 Å². The van der Waals surface area contributed by atoms with Crippen molar-refractivity contribution in [3.63, 3.8) is 0 Å². The average molecular weight is 282 g/mol. The number of anilines is 1. The Kier molecular flexibility index (Phi) is 5.67. The maximum absolute atomic E-state index is 11.9. The van der Waals surface area contributed by atoms with Gasteiger partial charge < -0.3 is 10.5 Å². The molecule has 0 aliphatic rings. The van der Waals surface area contributed by atoms with Crippen LogP contribution < -0.4 is 10.5 Å². The van der Waals surface area contributed by atoms with Crippen LogP contribution in [0.3, 0.4) is 0 Å². The summed E-state index contributed by atoms with van der Waals surface area (Å²) in [5, 5.41) is 0. The minimum Gasteiger partial charge on any atom is -0.492 e. The van der Waals surface area contributed by atoms with Crippen LogP contribution in [0, 0.1) is 12.3 Å². The summed E-state index contributed by atoms with van der Waals surface area (Å²) < 4.78 is 30.5. The second-order valence-corrected chi connectivity index (χ2v) is 5.95. The van der Waals surface area contributed by atoms with Crippen LogP contribution in [-0.4, -0.2) is 38.2 Å². The zero-order valence-corrected chi connectivity index (χ0v) is 11.7. The second kappa shape index (κ2) is 7.02. The van der Waals surface area contributed by atoms with Crippen molar-refractivity contribution in [1.29, 1.82) is 0 Å². The zero-order valence-electron chi connectivity index (χ0n) is 10.9. The maximum Gasteiger partial charge on any atom is 0.218 e. The topological polar surface area (TPSA) is 72.6 Å². The first-order valence-corrected chi connectivity index (χ1v) is 7.50. The molecule has 0 saturated heterocycles. The third kappa shape index (κ3) is 4.81. The minimum atomic E-state index is -3.37. The van der Waals surface area contributed by atoms with Gasteiger partial charge in [0.2, 0.25) is 10.0 Å². The maximum atomic E-state index is 11.9. The summed E-state index contributed by atoms with van der Waals surface area (Å²) in [5.41, 5.74) is 6.17. The third-order valence-electron chi connectivity index (χ3n) is 2.50. The molecule has 6 heteroatoms. The van der Waals surface area contributed by atoms with Gasteiger partial charge in [0.25, 0.3) is 0 Å². The summed E-state index contributed by atoms with van der Waals surface area (Å²) in [6, 6.07) is 6.78. The van der Waals surface area contributed by atoms with E-state index in [0.717, 1.165) is 0 Å². The SMILES string of the molecule is C#CCN(CC)S(=O)(=O)CCOc1ccc(N)cc1. The first kappa shape index (κ1) is 15.3. The number of hydrogen-bond donors (Lipinski definition) is 1. The first-order valence-electron chi connectivity index (χ1n) is 5.89. The van der Waals surface area contributed by atoms with Gasteiger partial charge in [-0.2, -0.15) is 4.31 Å². The van der Waals surface area contributed by atoms with E-state index in [0.29, 0.717) is 18.0 Å². The van der Waals surface area contributed by atoms with Gasteiger partial charge in [-0.1, -0.05) is 12.8 Å². The van der Waals surface area contributed by atoms with Crippen molar-refractivity contribution in [3.05, 3.63) is 24.3 Å². The summed E-state index contributed by atoms with van der Waals surface area (Å²) in [6.07, 6.45) is 5.14. The number of ether oxygens (including phenoxy) is 1. The van der Waals surface area contributed by atoms with Gasteiger partial charge in [0.05, 0.1) is 12.3 Å². The molecule has 1 rings (SSSR count). The van der Waals surface area contributed by atoms with Gasteiger partial charge in [-0.25, -0.2) is 8.42 Å². The number of hydrogen-bond acceptors (Lipinski definition) is 4. The van der Waals surface area contributed by atoms with Crippen LogP contribution in [0.4, 0.5) is 5.69 Å². The lowest BCUT2D eigenvalue weighted by atomic mass is 10.3. The lowest BCUT2D eigenvalue weighted by Gasteiger charge is -2.17. The van der Waals surface area contributed by atoms with Crippen molar-refractivity contribution in [2.75, 3.05) is 31.2 Å². The molecule has 0 radical (unpaired) electrons. The molecule has 0 fully saturated rings. The van der Waals surface area contributed by atoms with Crippen LogP contribution >= 0.6 is 0 Å². The van der Waals surface area contributed by atoms with Gasteiger partial charge in [0.1, 0.15) is 12.4 Å². The number of nitrogens with two attached hydrogens (primary N) is 1. The number of nitrogen functional groups attached to an aromatic ring is 1. The molecule has 0 atom stereocenters. The van der Waals surface area contributed by atoms with Gasteiger partial charge in [0, 0.05) is 12.2 Å². The predicted molar refractivity (Wildman–Crippen MR) is 76.2 cm³/mol. The fraction of sp³-hybridized carbons (Fsp3) is 0.385. The van der Waals surface area contributed by atoms with Crippen molar-refractivity contribution < 1.29 is 13.2 Å². The number of benzene rings is 1. The number of rotatable bonds is 7. The third-order valence-corrected chi connectivity index (χ3v) is 4.36. The molecule has 0 unspecified atom stereocenters. The molecule has 104 valence electrons. The van der Waals surface area contributed by atoms with Gasteiger partial charge >= 0.3 is 0 Å². The molecular formula is C13H18N2O3S. The van der Waals surface area contributed by atoms with E-state index in [-0.39, 0.29) is 18.9 Å². The lowest BCUT2D eigenvalue weighted by Crippen LogP contribution is -2.34. The van der Waals surface area contributed by atoms with Crippen LogP contribution in [0.2, 0.25) is 0 Å². The highest BCUT2D eigenvalue weighted by atomic mass is 32.2. The smallest absolute Gasteiger partial charge is 0.218 e. The highest BCUT2D eigenvalue weighted by Gasteiger charge is 2.19. The van der Waals surface area contributed by atoms with Crippen LogP contribution in [0.25, 0.3) is 0 Å². The summed E-state index contributed by atoms with van der Waals surface area (Å²) >= 11 is 0. The Balaban J connectivity index is 2.52. The first-order chi connectivity index (χ1) is 8.99. The summed E-state index contributed by atoms with van der Waals surface area (Å²) in [5.74, 6) is 2.81. The number of sulfonamides is 1. The Labute approximate surface area is 114 Å². The van der Waals surface area contributed by atoms with Crippen molar-refractivity contribution in [1.82, 2.24) is 4.31 Å². The van der Waals surface area contributed by atoms with Gasteiger partial charge in [-0.05, 0) is 24.3 Å². The molecule has 0 bridgehead atoms. The monoisotopic (exact) mass is 282 g/mol. The summed E-state index contributed by atoms with van der Waals surface area (Å²) in [6.45, 7) is 2.26. The highest BCUT2D eigenvalue weighted by Crippen LogP contribution is 2.13. The fourth-order valence-corrected chi connectivity index (χ4v) is 2.68. The average Bonchev–Trinajstić information content (AvgIpc) is 2.38. The molecule has 19 heavy (non-hydrogen) atoms. The van der Waals surface area contributed by atoms with Crippen molar-refractivity contribution in [2.24, 2.45) is 0 Å². The molecule has 5 nitrogen and oxygen atoms in total. The van der Waals surface area contributed by atoms with Gasteiger partial charge in [-0.15, -0.1) is 6.42 Å². The molecule has 0 aromatic heterocycles. The van der Waals surface area contributed by atoms with E-state index in [9.17, 15) is 8.42 Å². The van der Waals surface area contributed by atoms with E-state index in [1.807, 2.05) is 0 Å². The molecule has 2 N–H and O–H groups in total. The van der Waals surface area contributed by atoms with E-state index < -0.39 is 10.0 Å². The Bertz CT molecular complexity index is 532. The molecule has 1 aromatic rings. The molecule has 0 aliphatic heterocycles. The van der Waals surface area contributed by atoms with Crippen molar-refractivity contribution >= 4 is 15.7 Å². The number of nitrogens with zero attached hydrogens (tertiary/aromatic N) is 1. The zero-order chi connectivity index (χ0) is 14.3. The van der Waals surface area contributed by atoms with E-state index in [1.54, 1.807) is 31.2 Å². The van der Waals surface area contributed by atoms with E-state index in [4.69, 9.17) is 16.9 Å². The number of terminal acetylenes is 1. The van der Waals surface area contributed by atoms with E-state index >= 15 is 0 Å². The molecule has 0 amide bonds. The summed E-state index contributed by atoms with van der Waals surface area (Å²) in [7, 11) is -3.37. The molecule has 0 aliphatic carbocycles. The van der Waals surface area contributed by atoms with Gasteiger partial charge in [-0.3, -0.25) is 0 Å². The fourth-order valence-electron chi connectivity index (χ4n) is 1.47. The molecule has 0 heterocycles. The largest absolute Gasteiger partial charge is 0.492 e. The molecule has 1 aromatic carbocycles. The Morgan fingerprint density at radius 3 is 2.53 bits per heavy atom. The van der Waals surface area contributed by atoms with Crippen molar-refractivity contribution in [2.45, 2.75) is 6.92 Å². The van der Waals surface area contributed by atoms with Crippen molar-refractivity contribution in [3.8, 4) is 18.1 Å². The summed E-state index contributed by atoms with van der Waals surface area (Å²) in [4.78, 5) is 0. The van der Waals surface area contributed by atoms with Crippen LogP contribution in [0.5, 0.6) is 5.75 Å². The minimum absolute atomic E-state index is 0.0767. The normalized spacial score (nSPS) is 11.2. The van der Waals surface area contributed by atoms with Gasteiger partial charge in [0.15, 0.2) is 0 Å².